The molecule has 7 rings (SSSR count). The highest BCUT2D eigenvalue weighted by Crippen LogP contribution is 2.42. The Morgan fingerprint density at radius 2 is 1.91 bits per heavy atom. The van der Waals surface area contributed by atoms with Crippen LogP contribution in [0.1, 0.15) is 44.1 Å². The van der Waals surface area contributed by atoms with Crippen LogP contribution in [0.5, 0.6) is 11.8 Å². The first kappa shape index (κ1) is 31.3. The number of aromatic hydroxyl groups is 1. The molecule has 0 bridgehead atoms. The first-order valence-corrected chi connectivity index (χ1v) is 15.6. The number of pyridine rings is 1. The fraction of sp³-hybridized carbons (Fsp3) is 0.441. The van der Waals surface area contributed by atoms with Crippen molar-refractivity contribution >= 4 is 27.5 Å². The van der Waals surface area contributed by atoms with Gasteiger partial charge in [-0.1, -0.05) is 18.4 Å². The van der Waals surface area contributed by atoms with Crippen LogP contribution in [0, 0.1) is 29.9 Å². The second-order valence-electron chi connectivity index (χ2n) is 12.7. The van der Waals surface area contributed by atoms with Gasteiger partial charge in [0, 0.05) is 43.2 Å². The Labute approximate surface area is 266 Å². The molecule has 3 aliphatic rings. The maximum absolute atomic E-state index is 16.7. The Balaban J connectivity index is 1.39. The SMILES string of the molecule is C#Cc1c(F)ccc2cc(O)cc(-c3ncc4c(N5CCCCC(C(F)(F)F)C5)nc(OC[C@@]56CCCN5C[C@H](F)C6)nc4c3F)c12. The average Bonchev–Trinajstić information content (AvgIpc) is 3.42. The lowest BCUT2D eigenvalue weighted by atomic mass is 9.95. The first-order chi connectivity index (χ1) is 22.5. The molecule has 2 aromatic heterocycles. The molecular weight excluding hydrogens is 624 g/mol. The van der Waals surface area contributed by atoms with Crippen molar-refractivity contribution in [1.82, 2.24) is 19.9 Å². The summed E-state index contributed by atoms with van der Waals surface area (Å²) in [6.45, 7) is 0.834. The molecule has 0 spiro atoms. The minimum atomic E-state index is -4.45. The molecule has 0 saturated carbocycles. The number of hydrogen-bond donors (Lipinski definition) is 1. The van der Waals surface area contributed by atoms with Crippen LogP contribution >= 0.6 is 0 Å². The molecule has 5 heterocycles. The third-order valence-electron chi connectivity index (χ3n) is 9.76. The van der Waals surface area contributed by atoms with Gasteiger partial charge in [0.05, 0.1) is 22.4 Å². The summed E-state index contributed by atoms with van der Waals surface area (Å²) in [7, 11) is 0. The average molecular weight is 656 g/mol. The second-order valence-corrected chi connectivity index (χ2v) is 12.7. The van der Waals surface area contributed by atoms with E-state index in [0.29, 0.717) is 31.2 Å². The first-order valence-electron chi connectivity index (χ1n) is 15.6. The Bertz CT molecular complexity index is 1910. The van der Waals surface area contributed by atoms with Gasteiger partial charge in [0.2, 0.25) is 0 Å². The normalized spacial score (nSPS) is 23.6. The molecule has 7 nitrogen and oxygen atoms in total. The molecule has 4 aromatic rings. The lowest BCUT2D eigenvalue weighted by molar-refractivity contribution is -0.172. The van der Waals surface area contributed by atoms with Gasteiger partial charge >= 0.3 is 12.2 Å². The smallest absolute Gasteiger partial charge is 0.393 e. The molecular formula is C34H31F6N5O2. The van der Waals surface area contributed by atoms with Crippen molar-refractivity contribution in [2.24, 2.45) is 5.92 Å². The number of fused-ring (bicyclic) bond motifs is 3. The van der Waals surface area contributed by atoms with E-state index in [1.54, 1.807) is 0 Å². The van der Waals surface area contributed by atoms with Gasteiger partial charge in [-0.3, -0.25) is 9.88 Å². The van der Waals surface area contributed by atoms with Crippen LogP contribution in [0.15, 0.2) is 30.5 Å². The summed E-state index contributed by atoms with van der Waals surface area (Å²) in [6, 6.07) is 4.84. The highest BCUT2D eigenvalue weighted by molar-refractivity contribution is 6.03. The summed E-state index contributed by atoms with van der Waals surface area (Å²) in [5, 5.41) is 11.0. The van der Waals surface area contributed by atoms with E-state index in [4.69, 9.17) is 11.2 Å². The lowest BCUT2D eigenvalue weighted by Crippen LogP contribution is -2.43. The maximum Gasteiger partial charge on any atom is 0.393 e. The monoisotopic (exact) mass is 655 g/mol. The molecule has 3 atom stereocenters. The van der Waals surface area contributed by atoms with E-state index >= 15 is 4.39 Å². The molecule has 47 heavy (non-hydrogen) atoms. The van der Waals surface area contributed by atoms with Gasteiger partial charge in [0.1, 0.15) is 41.4 Å². The Kier molecular flexibility index (Phi) is 7.82. The fourth-order valence-corrected chi connectivity index (χ4v) is 7.52. The number of aromatic nitrogens is 3. The van der Waals surface area contributed by atoms with E-state index in [2.05, 4.69) is 20.9 Å². The van der Waals surface area contributed by atoms with Crippen molar-refractivity contribution in [2.75, 3.05) is 37.7 Å². The number of rotatable bonds is 5. The highest BCUT2D eigenvalue weighted by Gasteiger charge is 2.49. The van der Waals surface area contributed by atoms with E-state index in [0.717, 1.165) is 12.5 Å². The van der Waals surface area contributed by atoms with Gasteiger partial charge in [-0.05, 0) is 55.8 Å². The summed E-state index contributed by atoms with van der Waals surface area (Å²) in [6.07, 6.45) is 3.96. The van der Waals surface area contributed by atoms with Crippen LogP contribution in [-0.2, 0) is 0 Å². The lowest BCUT2D eigenvalue weighted by Gasteiger charge is -2.31. The quantitative estimate of drug-likeness (QED) is 0.185. The number of hydrogen-bond acceptors (Lipinski definition) is 7. The standard InChI is InChI=1S/C34H31F6N5O2/c1-2-23-26(36)8-7-19-12-22(46)13-24(27(19)23)29-28(37)30-25(15-41-29)31(44-10-4-3-6-20(16-44)34(38,39)40)43-32(42-30)47-18-33-9-5-11-45(33)17-21(35)14-33/h1,7-8,12-13,15,20-21,46H,3-6,9-11,14,16-18H2/t20?,21-,33+/m1/s1. The number of anilines is 1. The molecule has 0 aliphatic carbocycles. The number of halogens is 6. The van der Waals surface area contributed by atoms with Crippen LogP contribution < -0.4 is 9.64 Å². The summed E-state index contributed by atoms with van der Waals surface area (Å²) in [5.41, 5.74) is -1.33. The zero-order valence-electron chi connectivity index (χ0n) is 25.3. The summed E-state index contributed by atoms with van der Waals surface area (Å²) < 4.78 is 93.9. The Hall–Kier alpha value is -4.31. The van der Waals surface area contributed by atoms with Crippen molar-refractivity contribution in [1.29, 1.82) is 0 Å². The van der Waals surface area contributed by atoms with Crippen molar-refractivity contribution in [3.05, 3.63) is 47.7 Å². The second kappa shape index (κ2) is 11.7. The van der Waals surface area contributed by atoms with Crippen molar-refractivity contribution in [3.8, 4) is 35.4 Å². The van der Waals surface area contributed by atoms with Gasteiger partial charge in [0.25, 0.3) is 0 Å². The van der Waals surface area contributed by atoms with Crippen molar-refractivity contribution < 1.29 is 36.2 Å². The topological polar surface area (TPSA) is 74.6 Å². The predicted molar refractivity (Wildman–Crippen MR) is 164 cm³/mol. The molecule has 246 valence electrons. The number of phenols is 1. The van der Waals surface area contributed by atoms with Crippen molar-refractivity contribution in [3.63, 3.8) is 0 Å². The van der Waals surface area contributed by atoms with E-state index in [1.807, 2.05) is 4.90 Å². The highest BCUT2D eigenvalue weighted by atomic mass is 19.4. The van der Waals surface area contributed by atoms with E-state index in [-0.39, 0.29) is 83.2 Å². The minimum Gasteiger partial charge on any atom is -0.508 e. The number of phenolic OH excluding ortho intramolecular Hbond substituents is 1. The van der Waals surface area contributed by atoms with Gasteiger partial charge in [-0.25, -0.2) is 13.2 Å². The molecule has 3 aliphatic heterocycles. The minimum absolute atomic E-state index is 0.00168. The van der Waals surface area contributed by atoms with E-state index in [9.17, 15) is 27.1 Å². The number of benzene rings is 2. The van der Waals surface area contributed by atoms with Gasteiger partial charge < -0.3 is 14.7 Å². The van der Waals surface area contributed by atoms with Crippen LogP contribution in [0.3, 0.4) is 0 Å². The summed E-state index contributed by atoms with van der Waals surface area (Å²) >= 11 is 0. The molecule has 0 radical (unpaired) electrons. The molecule has 0 amide bonds. The van der Waals surface area contributed by atoms with Gasteiger partial charge in [-0.15, -0.1) is 6.42 Å². The van der Waals surface area contributed by atoms with Gasteiger partial charge in [-0.2, -0.15) is 23.1 Å². The predicted octanol–water partition coefficient (Wildman–Crippen LogP) is 6.93. The van der Waals surface area contributed by atoms with E-state index in [1.165, 1.54) is 29.3 Å². The van der Waals surface area contributed by atoms with Crippen LogP contribution in [0.25, 0.3) is 32.9 Å². The Morgan fingerprint density at radius 3 is 2.70 bits per heavy atom. The molecule has 1 unspecified atom stereocenters. The molecule has 3 fully saturated rings. The third-order valence-corrected chi connectivity index (χ3v) is 9.76. The number of ether oxygens (including phenoxy) is 1. The molecule has 13 heteroatoms. The van der Waals surface area contributed by atoms with Crippen LogP contribution in [-0.4, -0.2) is 75.6 Å². The third kappa shape index (κ3) is 5.56. The zero-order chi connectivity index (χ0) is 33.1. The number of alkyl halides is 4. The summed E-state index contributed by atoms with van der Waals surface area (Å²) in [5.74, 6) is -1.26. The molecule has 2 aromatic carbocycles. The Morgan fingerprint density at radius 1 is 1.09 bits per heavy atom. The van der Waals surface area contributed by atoms with Crippen LogP contribution in [0.4, 0.5) is 32.2 Å². The van der Waals surface area contributed by atoms with E-state index < -0.39 is 42.0 Å². The molecule has 1 N–H and O–H groups in total. The number of terminal acetylenes is 1. The van der Waals surface area contributed by atoms with Crippen LogP contribution in [0.2, 0.25) is 0 Å². The fourth-order valence-electron chi connectivity index (χ4n) is 7.52. The molecule has 3 saturated heterocycles. The summed E-state index contributed by atoms with van der Waals surface area (Å²) in [4.78, 5) is 16.7. The maximum atomic E-state index is 16.7. The largest absolute Gasteiger partial charge is 0.508 e. The number of nitrogens with zero attached hydrogens (tertiary/aromatic N) is 5. The van der Waals surface area contributed by atoms with Gasteiger partial charge in [0.15, 0.2) is 5.82 Å². The zero-order valence-corrected chi connectivity index (χ0v) is 25.3. The van der Waals surface area contributed by atoms with Crippen molar-refractivity contribution in [2.45, 2.75) is 56.4 Å².